The van der Waals surface area contributed by atoms with Crippen LogP contribution in [0.3, 0.4) is 0 Å². The first-order valence-corrected chi connectivity index (χ1v) is 17.5. The maximum Gasteiger partial charge on any atom is 0.119 e. The lowest BCUT2D eigenvalue weighted by molar-refractivity contribution is 0.435. The largest absolute Gasteiger partial charge is 0.508 e. The highest BCUT2D eigenvalue weighted by Crippen LogP contribution is 2.41. The van der Waals surface area contributed by atoms with E-state index in [4.69, 9.17) is 0 Å². The Hall–Kier alpha value is -1.96. The van der Waals surface area contributed by atoms with Crippen LogP contribution in [0, 0.1) is 0 Å². The standard InChI is InChI=1S/C39H64O2/c1-5-7-9-11-13-15-17-19-21-23-25-33-27-29-37(40)35(31-33)39(3,4)36-32-34(28-30-38(36)41)26-24-22-20-18-16-14-12-10-8-6-2/h27-32,40-41H,5-26H2,1-4H3. The van der Waals surface area contributed by atoms with E-state index in [1.807, 2.05) is 12.1 Å². The van der Waals surface area contributed by atoms with Gasteiger partial charge in [-0.25, -0.2) is 0 Å². The zero-order valence-electron chi connectivity index (χ0n) is 27.4. The van der Waals surface area contributed by atoms with Gasteiger partial charge in [-0.05, 0) is 48.9 Å². The van der Waals surface area contributed by atoms with Gasteiger partial charge in [0.05, 0.1) is 0 Å². The number of hydrogen-bond acceptors (Lipinski definition) is 2. The molecule has 232 valence electrons. The number of unbranched alkanes of at least 4 members (excludes halogenated alkanes) is 18. The first-order chi connectivity index (χ1) is 19.9. The fraction of sp³-hybridized carbons (Fsp3) is 0.692. The number of rotatable bonds is 24. The van der Waals surface area contributed by atoms with Crippen molar-refractivity contribution in [1.29, 1.82) is 0 Å². The van der Waals surface area contributed by atoms with Gasteiger partial charge in [0, 0.05) is 16.5 Å². The van der Waals surface area contributed by atoms with Gasteiger partial charge in [0.2, 0.25) is 0 Å². The molecule has 2 N–H and O–H groups in total. The molecule has 2 aromatic carbocycles. The van der Waals surface area contributed by atoms with Gasteiger partial charge < -0.3 is 10.2 Å². The summed E-state index contributed by atoms with van der Waals surface area (Å²) in [6.07, 6.45) is 28.9. The van der Waals surface area contributed by atoms with E-state index in [1.54, 1.807) is 0 Å². The summed E-state index contributed by atoms with van der Waals surface area (Å²) in [5.41, 5.74) is 3.91. The Morgan fingerprint density at radius 1 is 0.439 bits per heavy atom. The fourth-order valence-electron chi connectivity index (χ4n) is 6.26. The highest BCUT2D eigenvalue weighted by molar-refractivity contribution is 5.52. The molecular weight excluding hydrogens is 500 g/mol. The molecule has 0 aromatic heterocycles. The maximum atomic E-state index is 10.9. The summed E-state index contributed by atoms with van der Waals surface area (Å²) in [5.74, 6) is 0.641. The van der Waals surface area contributed by atoms with Crippen molar-refractivity contribution in [2.24, 2.45) is 0 Å². The van der Waals surface area contributed by atoms with Crippen molar-refractivity contribution in [2.75, 3.05) is 0 Å². The van der Waals surface area contributed by atoms with Crippen molar-refractivity contribution in [1.82, 2.24) is 0 Å². The molecule has 2 aromatic rings. The van der Waals surface area contributed by atoms with Gasteiger partial charge in [-0.15, -0.1) is 0 Å². The summed E-state index contributed by atoms with van der Waals surface area (Å²) in [7, 11) is 0. The normalized spacial score (nSPS) is 11.8. The molecule has 0 heterocycles. The number of phenolic OH excluding ortho intramolecular Hbond substituents is 2. The van der Waals surface area contributed by atoms with Gasteiger partial charge in [-0.1, -0.05) is 168 Å². The molecule has 0 radical (unpaired) electrons. The number of benzene rings is 2. The van der Waals surface area contributed by atoms with Crippen molar-refractivity contribution >= 4 is 0 Å². The molecule has 0 spiro atoms. The van der Waals surface area contributed by atoms with Crippen LogP contribution in [-0.4, -0.2) is 10.2 Å². The molecule has 0 fully saturated rings. The average molecular weight is 565 g/mol. The summed E-state index contributed by atoms with van der Waals surface area (Å²) in [5, 5.41) is 21.7. The summed E-state index contributed by atoms with van der Waals surface area (Å²) < 4.78 is 0. The quantitative estimate of drug-likeness (QED) is 0.124. The molecule has 2 rings (SSSR count). The second-order valence-electron chi connectivity index (χ2n) is 13.2. The first-order valence-electron chi connectivity index (χ1n) is 17.5. The second-order valence-corrected chi connectivity index (χ2v) is 13.2. The van der Waals surface area contributed by atoms with Crippen LogP contribution in [0.15, 0.2) is 36.4 Å². The van der Waals surface area contributed by atoms with Crippen molar-refractivity contribution < 1.29 is 10.2 Å². The maximum absolute atomic E-state index is 10.9. The van der Waals surface area contributed by atoms with Crippen LogP contribution in [-0.2, 0) is 18.3 Å². The van der Waals surface area contributed by atoms with Crippen LogP contribution in [0.25, 0.3) is 0 Å². The lowest BCUT2D eigenvalue weighted by Gasteiger charge is -2.29. The SMILES string of the molecule is CCCCCCCCCCCCc1ccc(O)c(C(C)(C)c2cc(CCCCCCCCCCCC)ccc2O)c1. The molecule has 0 aliphatic rings. The van der Waals surface area contributed by atoms with E-state index < -0.39 is 5.41 Å². The molecule has 2 nitrogen and oxygen atoms in total. The van der Waals surface area contributed by atoms with Crippen LogP contribution in [0.2, 0.25) is 0 Å². The topological polar surface area (TPSA) is 40.5 Å². The number of phenols is 2. The third-order valence-corrected chi connectivity index (χ3v) is 9.11. The molecule has 2 heteroatoms. The minimum Gasteiger partial charge on any atom is -0.508 e. The van der Waals surface area contributed by atoms with Gasteiger partial charge >= 0.3 is 0 Å². The fourth-order valence-corrected chi connectivity index (χ4v) is 6.26. The Morgan fingerprint density at radius 2 is 0.732 bits per heavy atom. The Morgan fingerprint density at radius 3 is 1.05 bits per heavy atom. The average Bonchev–Trinajstić information content (AvgIpc) is 2.96. The van der Waals surface area contributed by atoms with E-state index in [9.17, 15) is 10.2 Å². The zero-order valence-corrected chi connectivity index (χ0v) is 27.4. The van der Waals surface area contributed by atoms with E-state index >= 15 is 0 Å². The van der Waals surface area contributed by atoms with Crippen LogP contribution in [0.5, 0.6) is 11.5 Å². The molecule has 0 amide bonds. The highest BCUT2D eigenvalue weighted by atomic mass is 16.3. The Balaban J connectivity index is 1.83. The van der Waals surface area contributed by atoms with Crippen molar-refractivity contribution in [3.05, 3.63) is 58.7 Å². The Kier molecular flexibility index (Phi) is 17.9. The number of aromatic hydroxyl groups is 2. The third kappa shape index (κ3) is 13.7. The summed E-state index contributed by atoms with van der Waals surface area (Å²) >= 11 is 0. The molecule has 0 bridgehead atoms. The molecule has 0 aliphatic carbocycles. The van der Waals surface area contributed by atoms with Crippen LogP contribution >= 0.6 is 0 Å². The monoisotopic (exact) mass is 564 g/mol. The Bertz CT molecular complexity index is 869. The summed E-state index contributed by atoms with van der Waals surface area (Å²) in [6, 6.07) is 12.2. The first kappa shape index (κ1) is 35.2. The van der Waals surface area contributed by atoms with E-state index in [2.05, 4.69) is 52.0 Å². The second kappa shape index (κ2) is 20.8. The van der Waals surface area contributed by atoms with Gasteiger partial charge in [-0.2, -0.15) is 0 Å². The predicted octanol–water partition coefficient (Wildman–Crippen LogP) is 12.4. The van der Waals surface area contributed by atoms with E-state index in [-0.39, 0.29) is 0 Å². The Labute approximate surface area is 254 Å². The van der Waals surface area contributed by atoms with Gasteiger partial charge in [0.1, 0.15) is 11.5 Å². The minimum absolute atomic E-state index is 0.321. The summed E-state index contributed by atoms with van der Waals surface area (Å²) in [4.78, 5) is 0. The van der Waals surface area contributed by atoms with Crippen molar-refractivity contribution in [3.8, 4) is 11.5 Å². The number of aryl methyl sites for hydroxylation is 2. The molecule has 0 aliphatic heterocycles. The smallest absolute Gasteiger partial charge is 0.119 e. The molecular formula is C39H64O2. The van der Waals surface area contributed by atoms with Crippen molar-refractivity contribution in [3.63, 3.8) is 0 Å². The molecule has 41 heavy (non-hydrogen) atoms. The number of hydrogen-bond donors (Lipinski definition) is 2. The van der Waals surface area contributed by atoms with Gasteiger partial charge in [-0.3, -0.25) is 0 Å². The van der Waals surface area contributed by atoms with Gasteiger partial charge in [0.15, 0.2) is 0 Å². The minimum atomic E-state index is -0.476. The summed E-state index contributed by atoms with van der Waals surface area (Å²) in [6.45, 7) is 8.82. The zero-order chi connectivity index (χ0) is 29.8. The van der Waals surface area contributed by atoms with E-state index in [0.717, 1.165) is 24.0 Å². The molecule has 0 atom stereocenters. The molecule has 0 unspecified atom stereocenters. The van der Waals surface area contributed by atoms with Crippen LogP contribution in [0.4, 0.5) is 0 Å². The van der Waals surface area contributed by atoms with Gasteiger partial charge in [0.25, 0.3) is 0 Å². The van der Waals surface area contributed by atoms with Crippen molar-refractivity contribution in [2.45, 2.75) is 174 Å². The van der Waals surface area contributed by atoms with E-state index in [0.29, 0.717) is 11.5 Å². The molecule has 0 saturated heterocycles. The van der Waals surface area contributed by atoms with E-state index in [1.165, 1.54) is 140 Å². The third-order valence-electron chi connectivity index (χ3n) is 9.11. The lowest BCUT2D eigenvalue weighted by Crippen LogP contribution is -2.20. The lowest BCUT2D eigenvalue weighted by atomic mass is 9.76. The highest BCUT2D eigenvalue weighted by Gasteiger charge is 2.29. The molecule has 0 saturated carbocycles. The van der Waals surface area contributed by atoms with Crippen LogP contribution < -0.4 is 0 Å². The predicted molar refractivity (Wildman–Crippen MR) is 179 cm³/mol. The van der Waals surface area contributed by atoms with Crippen LogP contribution in [0.1, 0.15) is 178 Å².